The minimum Gasteiger partial charge on any atom is -0.497 e. The maximum Gasteiger partial charge on any atom is 0.363 e. The highest BCUT2D eigenvalue weighted by Crippen LogP contribution is 2.29. The second kappa shape index (κ2) is 6.88. The number of esters is 1. The van der Waals surface area contributed by atoms with Crippen LogP contribution in [0.2, 0.25) is 0 Å². The molecule has 6 heteroatoms. The second-order valence-electron chi connectivity index (χ2n) is 4.92. The van der Waals surface area contributed by atoms with Gasteiger partial charge in [0, 0.05) is 10.0 Å². The van der Waals surface area contributed by atoms with E-state index >= 15 is 0 Å². The third-order valence-corrected chi connectivity index (χ3v) is 4.15. The zero-order valence-corrected chi connectivity index (χ0v) is 14.7. The van der Waals surface area contributed by atoms with Crippen LogP contribution in [0, 0.1) is 0 Å². The Morgan fingerprint density at radius 2 is 1.92 bits per heavy atom. The Balaban J connectivity index is 2.02. The average molecular weight is 388 g/mol. The smallest absolute Gasteiger partial charge is 0.363 e. The van der Waals surface area contributed by atoms with E-state index in [1.54, 1.807) is 38.5 Å². The molecule has 2 aromatic carbocycles. The molecule has 5 nitrogen and oxygen atoms in total. The number of carbonyl (C=O) groups is 1. The number of nitrogens with zero attached hydrogens (tertiary/aromatic N) is 1. The molecule has 0 spiro atoms. The number of benzene rings is 2. The van der Waals surface area contributed by atoms with Gasteiger partial charge in [-0.15, -0.1) is 0 Å². The largest absolute Gasteiger partial charge is 0.497 e. The van der Waals surface area contributed by atoms with Gasteiger partial charge in [-0.3, -0.25) is 0 Å². The molecular weight excluding hydrogens is 374 g/mol. The molecule has 1 aliphatic rings. The highest BCUT2D eigenvalue weighted by Gasteiger charge is 2.25. The Hall–Kier alpha value is -2.60. The van der Waals surface area contributed by atoms with E-state index in [9.17, 15) is 4.79 Å². The third-order valence-electron chi connectivity index (χ3n) is 3.45. The molecule has 2 aromatic rings. The average Bonchev–Trinajstić information content (AvgIpc) is 2.95. The lowest BCUT2D eigenvalue weighted by atomic mass is 10.1. The summed E-state index contributed by atoms with van der Waals surface area (Å²) in [5.41, 5.74) is 1.60. The topological polar surface area (TPSA) is 57.1 Å². The summed E-state index contributed by atoms with van der Waals surface area (Å²) in [4.78, 5) is 16.4. The molecule has 1 aliphatic heterocycles. The first kappa shape index (κ1) is 16.3. The molecule has 0 aliphatic carbocycles. The SMILES string of the molecule is COc1ccc(OC)c(/C=C2/N=C(c3ccccc3Br)OC2=O)c1. The minimum atomic E-state index is -0.509. The van der Waals surface area contributed by atoms with Crippen molar-refractivity contribution in [2.24, 2.45) is 4.99 Å². The fourth-order valence-corrected chi connectivity index (χ4v) is 2.71. The van der Waals surface area contributed by atoms with Crippen LogP contribution in [0.5, 0.6) is 11.5 Å². The molecule has 0 saturated carbocycles. The summed E-state index contributed by atoms with van der Waals surface area (Å²) in [5, 5.41) is 0. The lowest BCUT2D eigenvalue weighted by molar-refractivity contribution is -0.129. The van der Waals surface area contributed by atoms with Crippen LogP contribution in [-0.2, 0) is 9.53 Å². The van der Waals surface area contributed by atoms with Crippen LogP contribution in [0.4, 0.5) is 0 Å². The van der Waals surface area contributed by atoms with Gasteiger partial charge in [-0.05, 0) is 52.3 Å². The summed E-state index contributed by atoms with van der Waals surface area (Å²) < 4.78 is 16.6. The van der Waals surface area contributed by atoms with Gasteiger partial charge in [-0.25, -0.2) is 9.79 Å². The quantitative estimate of drug-likeness (QED) is 0.591. The number of cyclic esters (lactones) is 1. The molecule has 0 N–H and O–H groups in total. The molecule has 0 bridgehead atoms. The van der Waals surface area contributed by atoms with E-state index in [2.05, 4.69) is 20.9 Å². The van der Waals surface area contributed by atoms with E-state index in [0.29, 0.717) is 22.6 Å². The Bertz CT molecular complexity index is 858. The van der Waals surface area contributed by atoms with E-state index in [1.807, 2.05) is 24.3 Å². The Morgan fingerprint density at radius 3 is 2.62 bits per heavy atom. The minimum absolute atomic E-state index is 0.201. The fraction of sp³-hybridized carbons (Fsp3) is 0.111. The van der Waals surface area contributed by atoms with Gasteiger partial charge in [0.2, 0.25) is 5.90 Å². The molecule has 0 saturated heterocycles. The summed E-state index contributed by atoms with van der Waals surface area (Å²) in [6, 6.07) is 12.7. The predicted octanol–water partition coefficient (Wildman–Crippen LogP) is 3.81. The number of hydrogen-bond acceptors (Lipinski definition) is 5. The van der Waals surface area contributed by atoms with Crippen LogP contribution in [0.3, 0.4) is 0 Å². The van der Waals surface area contributed by atoms with E-state index in [1.165, 1.54) is 0 Å². The molecule has 24 heavy (non-hydrogen) atoms. The van der Waals surface area contributed by atoms with Gasteiger partial charge in [-0.2, -0.15) is 0 Å². The number of ether oxygens (including phenoxy) is 3. The predicted molar refractivity (Wildman–Crippen MR) is 94.3 cm³/mol. The van der Waals surface area contributed by atoms with Gasteiger partial charge in [0.15, 0.2) is 5.70 Å². The van der Waals surface area contributed by atoms with E-state index in [-0.39, 0.29) is 11.6 Å². The summed E-state index contributed by atoms with van der Waals surface area (Å²) in [6.45, 7) is 0. The van der Waals surface area contributed by atoms with Crippen molar-refractivity contribution in [3.63, 3.8) is 0 Å². The number of aliphatic imine (C=N–C) groups is 1. The zero-order chi connectivity index (χ0) is 17.1. The monoisotopic (exact) mass is 387 g/mol. The van der Waals surface area contributed by atoms with Crippen molar-refractivity contribution in [1.29, 1.82) is 0 Å². The van der Waals surface area contributed by atoms with Gasteiger partial charge in [0.1, 0.15) is 11.5 Å². The van der Waals surface area contributed by atoms with Crippen molar-refractivity contribution in [3.05, 3.63) is 63.8 Å². The normalized spacial score (nSPS) is 15.2. The van der Waals surface area contributed by atoms with Crippen LogP contribution < -0.4 is 9.47 Å². The molecule has 0 amide bonds. The number of carbonyl (C=O) groups excluding carboxylic acids is 1. The van der Waals surface area contributed by atoms with Gasteiger partial charge in [-0.1, -0.05) is 12.1 Å². The highest BCUT2D eigenvalue weighted by atomic mass is 79.9. The molecule has 3 rings (SSSR count). The van der Waals surface area contributed by atoms with Crippen molar-refractivity contribution in [3.8, 4) is 11.5 Å². The van der Waals surface area contributed by atoms with E-state index in [4.69, 9.17) is 14.2 Å². The zero-order valence-electron chi connectivity index (χ0n) is 13.1. The van der Waals surface area contributed by atoms with Gasteiger partial charge in [0.05, 0.1) is 19.8 Å². The molecule has 0 atom stereocenters. The van der Waals surface area contributed by atoms with Crippen molar-refractivity contribution in [2.45, 2.75) is 0 Å². The first-order chi connectivity index (χ1) is 11.6. The lowest BCUT2D eigenvalue weighted by Crippen LogP contribution is -2.05. The number of methoxy groups -OCH3 is 2. The molecule has 0 aromatic heterocycles. The van der Waals surface area contributed by atoms with Crippen LogP contribution in [0.15, 0.2) is 57.6 Å². The maximum absolute atomic E-state index is 12.1. The molecule has 0 unspecified atom stereocenters. The Kier molecular flexibility index (Phi) is 4.66. The van der Waals surface area contributed by atoms with Gasteiger partial charge >= 0.3 is 5.97 Å². The molecule has 122 valence electrons. The summed E-state index contributed by atoms with van der Waals surface area (Å²) >= 11 is 3.43. The number of halogens is 1. The van der Waals surface area contributed by atoms with Crippen LogP contribution >= 0.6 is 15.9 Å². The Labute approximate surface area is 147 Å². The maximum atomic E-state index is 12.1. The highest BCUT2D eigenvalue weighted by molar-refractivity contribution is 9.10. The van der Waals surface area contributed by atoms with E-state index < -0.39 is 5.97 Å². The summed E-state index contributed by atoms with van der Waals surface area (Å²) in [7, 11) is 3.14. The fourth-order valence-electron chi connectivity index (χ4n) is 2.26. The number of hydrogen-bond donors (Lipinski definition) is 0. The van der Waals surface area contributed by atoms with Crippen LogP contribution in [0.1, 0.15) is 11.1 Å². The lowest BCUT2D eigenvalue weighted by Gasteiger charge is -2.07. The molecule has 1 heterocycles. The van der Waals surface area contributed by atoms with Crippen LogP contribution in [-0.4, -0.2) is 26.1 Å². The second-order valence-corrected chi connectivity index (χ2v) is 5.78. The standard InChI is InChI=1S/C18H14BrNO4/c1-22-12-7-8-16(23-2)11(9-12)10-15-18(21)24-17(20-15)13-5-3-4-6-14(13)19/h3-10H,1-2H3/b15-10+. The summed E-state index contributed by atoms with van der Waals surface area (Å²) in [5.74, 6) is 1.02. The molecule has 0 radical (unpaired) electrons. The summed E-state index contributed by atoms with van der Waals surface area (Å²) in [6.07, 6.45) is 1.62. The van der Waals surface area contributed by atoms with Crippen molar-refractivity contribution < 1.29 is 19.0 Å². The van der Waals surface area contributed by atoms with Gasteiger partial charge < -0.3 is 14.2 Å². The molecular formula is C18H14BrNO4. The van der Waals surface area contributed by atoms with E-state index in [0.717, 1.165) is 4.47 Å². The first-order valence-corrected chi connectivity index (χ1v) is 7.91. The molecule has 0 fully saturated rings. The van der Waals surface area contributed by atoms with Crippen molar-refractivity contribution in [1.82, 2.24) is 0 Å². The Morgan fingerprint density at radius 1 is 1.12 bits per heavy atom. The first-order valence-electron chi connectivity index (χ1n) is 7.12. The van der Waals surface area contributed by atoms with Crippen molar-refractivity contribution >= 4 is 33.9 Å². The van der Waals surface area contributed by atoms with Crippen molar-refractivity contribution in [2.75, 3.05) is 14.2 Å². The third kappa shape index (κ3) is 3.19. The number of rotatable bonds is 4. The van der Waals surface area contributed by atoms with Gasteiger partial charge in [0.25, 0.3) is 0 Å². The van der Waals surface area contributed by atoms with Crippen LogP contribution in [0.25, 0.3) is 6.08 Å².